The molecule has 0 aliphatic carbocycles. The number of amides is 1. The molecule has 0 aliphatic heterocycles. The van der Waals surface area contributed by atoms with Crippen LogP contribution in [0.3, 0.4) is 0 Å². The van der Waals surface area contributed by atoms with Gasteiger partial charge in [0.25, 0.3) is 0 Å². The summed E-state index contributed by atoms with van der Waals surface area (Å²) in [5, 5.41) is 16.4. The number of nitriles is 1. The van der Waals surface area contributed by atoms with Gasteiger partial charge in [-0.3, -0.25) is 4.57 Å². The summed E-state index contributed by atoms with van der Waals surface area (Å²) in [5.74, 6) is 0. The molecule has 1 amide bonds. The van der Waals surface area contributed by atoms with E-state index < -0.39 is 39.6 Å². The summed E-state index contributed by atoms with van der Waals surface area (Å²) in [6.45, 7) is 6.10. The summed E-state index contributed by atoms with van der Waals surface area (Å²) in [6, 6.07) is 24.2. The van der Waals surface area contributed by atoms with Gasteiger partial charge in [-0.15, -0.1) is 0 Å². The zero-order valence-corrected chi connectivity index (χ0v) is 29.3. The summed E-state index contributed by atoms with van der Waals surface area (Å²) in [6.07, 6.45) is 0.600. The van der Waals surface area contributed by atoms with Crippen LogP contribution in [-0.2, 0) is 22.8 Å². The Balaban J connectivity index is 0.000000469. The number of carbonyl (C=O) groups excluding carboxylic acids is 1. The van der Waals surface area contributed by atoms with E-state index >= 15 is 0 Å². The second-order valence-electron chi connectivity index (χ2n) is 11.6. The average molecular weight is 744 g/mol. The highest BCUT2D eigenvalue weighted by molar-refractivity contribution is 7.85. The Bertz CT molecular complexity index is 2450. The Morgan fingerprint density at radius 2 is 1.64 bits per heavy atom. The van der Waals surface area contributed by atoms with Crippen molar-refractivity contribution < 1.29 is 35.5 Å². The third-order valence-electron chi connectivity index (χ3n) is 8.20. The van der Waals surface area contributed by atoms with Gasteiger partial charge in [-0.2, -0.15) is 23.5 Å². The van der Waals surface area contributed by atoms with Crippen LogP contribution in [0.2, 0.25) is 0 Å². The number of aromatic nitrogens is 5. The monoisotopic (exact) mass is 743 g/mol. The van der Waals surface area contributed by atoms with Gasteiger partial charge < -0.3 is 9.87 Å². The smallest absolute Gasteiger partial charge is 0.416 e. The summed E-state index contributed by atoms with van der Waals surface area (Å²) >= 11 is 0. The fraction of sp³-hybridized carbons (Fsp3) is 0.162. The van der Waals surface area contributed by atoms with Crippen LogP contribution in [-0.4, -0.2) is 37.9 Å². The van der Waals surface area contributed by atoms with E-state index in [2.05, 4.69) is 10.4 Å². The minimum absolute atomic E-state index is 0.0465. The first-order valence-electron chi connectivity index (χ1n) is 16.0. The molecule has 0 saturated heterocycles. The van der Waals surface area contributed by atoms with Gasteiger partial charge in [0.15, 0.2) is 12.4 Å². The Morgan fingerprint density at radius 1 is 0.981 bits per heavy atom. The lowest BCUT2D eigenvalue weighted by Crippen LogP contribution is -2.39. The Morgan fingerprint density at radius 3 is 2.21 bits per heavy atom. The molecule has 6 aromatic rings. The van der Waals surface area contributed by atoms with E-state index in [0.717, 1.165) is 33.4 Å². The van der Waals surface area contributed by atoms with Gasteiger partial charge in [0.1, 0.15) is 22.4 Å². The number of hydrogen-bond acceptors (Lipinski definition) is 7. The quantitative estimate of drug-likeness (QED) is 0.157. The lowest BCUT2D eigenvalue weighted by atomic mass is 10.1. The van der Waals surface area contributed by atoms with Crippen LogP contribution in [0.1, 0.15) is 42.3 Å². The van der Waals surface area contributed by atoms with Crippen LogP contribution in [0.5, 0.6) is 0 Å². The fourth-order valence-electron chi connectivity index (χ4n) is 5.47. The molecule has 12 nitrogen and oxygen atoms in total. The number of pyridine rings is 1. The number of hydrogen-bond donors (Lipinski definition) is 1. The van der Waals surface area contributed by atoms with Crippen molar-refractivity contribution in [3.8, 4) is 28.8 Å². The number of halogens is 3. The van der Waals surface area contributed by atoms with Crippen molar-refractivity contribution in [2.75, 3.05) is 0 Å². The SMILES string of the molecule is CC[n+]1ccc(C(C)NC(=O)n2c(-c3ccnn3-c3ccc(C#N)cc3)c(C)n(-c3cccc(C(F)(F)F)c3)c2=O)cc1.O=S(=O)([O-])c1ccccc1. The number of nitrogens with zero attached hydrogens (tertiary/aromatic N) is 6. The van der Waals surface area contributed by atoms with Crippen LogP contribution in [0.25, 0.3) is 22.8 Å². The summed E-state index contributed by atoms with van der Waals surface area (Å²) in [5.41, 5.74) is 0.667. The second kappa shape index (κ2) is 15.5. The largest absolute Gasteiger partial charge is 0.744 e. The zero-order valence-electron chi connectivity index (χ0n) is 28.5. The van der Waals surface area contributed by atoms with E-state index in [1.165, 1.54) is 47.3 Å². The topological polar surface area (TPSA) is 159 Å². The summed E-state index contributed by atoms with van der Waals surface area (Å²) in [4.78, 5) is 27.6. The van der Waals surface area contributed by atoms with Crippen LogP contribution in [0.15, 0.2) is 125 Å². The molecular weight excluding hydrogens is 712 g/mol. The lowest BCUT2D eigenvalue weighted by Gasteiger charge is -2.15. The Labute approximate surface area is 302 Å². The first kappa shape index (κ1) is 37.9. The molecule has 272 valence electrons. The maximum Gasteiger partial charge on any atom is 0.416 e. The number of benzene rings is 3. The molecule has 53 heavy (non-hydrogen) atoms. The third-order valence-corrected chi connectivity index (χ3v) is 9.05. The molecule has 1 N–H and O–H groups in total. The maximum atomic E-state index is 14.0. The van der Waals surface area contributed by atoms with E-state index in [0.29, 0.717) is 16.9 Å². The maximum absolute atomic E-state index is 14.0. The molecule has 0 radical (unpaired) electrons. The minimum atomic E-state index is -4.63. The van der Waals surface area contributed by atoms with Crippen LogP contribution < -0.4 is 15.6 Å². The predicted octanol–water partition coefficient (Wildman–Crippen LogP) is 5.91. The van der Waals surface area contributed by atoms with Crippen molar-refractivity contribution in [3.63, 3.8) is 0 Å². The van der Waals surface area contributed by atoms with E-state index in [1.807, 2.05) is 42.1 Å². The molecule has 0 fully saturated rings. The van der Waals surface area contributed by atoms with Crippen molar-refractivity contribution in [2.24, 2.45) is 0 Å². The predicted molar refractivity (Wildman–Crippen MR) is 186 cm³/mol. The van der Waals surface area contributed by atoms with E-state index in [1.54, 1.807) is 50.2 Å². The van der Waals surface area contributed by atoms with Crippen LogP contribution in [0, 0.1) is 18.3 Å². The summed E-state index contributed by atoms with van der Waals surface area (Å²) in [7, 11) is -4.25. The highest BCUT2D eigenvalue weighted by Gasteiger charge is 2.32. The van der Waals surface area contributed by atoms with E-state index in [-0.39, 0.29) is 22.0 Å². The number of aryl methyl sites for hydroxylation is 1. The molecular formula is C37H32F3N7O5S. The summed E-state index contributed by atoms with van der Waals surface area (Å²) < 4.78 is 77.0. The molecule has 0 saturated carbocycles. The molecule has 6 rings (SSSR count). The number of rotatable bonds is 7. The highest BCUT2D eigenvalue weighted by Crippen LogP contribution is 2.32. The zero-order chi connectivity index (χ0) is 38.5. The molecule has 1 unspecified atom stereocenters. The number of nitrogens with one attached hydrogen (secondary N) is 1. The molecule has 0 bridgehead atoms. The molecule has 16 heteroatoms. The van der Waals surface area contributed by atoms with Crippen molar-refractivity contribution in [1.82, 2.24) is 24.2 Å². The average Bonchev–Trinajstić information content (AvgIpc) is 3.73. The molecule has 3 aromatic heterocycles. The van der Waals surface area contributed by atoms with Crippen molar-refractivity contribution in [3.05, 3.63) is 149 Å². The van der Waals surface area contributed by atoms with Gasteiger partial charge in [-0.05, 0) is 87.0 Å². The standard InChI is InChI=1S/C31H26F3N7O2.C6H6O3S/c1-4-38-16-13-23(14-17-38)20(2)37-29(42)40-28(27-12-15-36-41(27)25-10-8-22(19-35)9-11-25)21(3)39(30(40)43)26-7-5-6-24(18-26)31(32,33)34;7-10(8,9)6-4-2-1-3-5-6/h5-18,20H,4H2,1-3H3;1-5H,(H,7,8,9). The molecule has 0 aliphatic rings. The normalized spacial score (nSPS) is 12.0. The third kappa shape index (κ3) is 8.43. The fourth-order valence-corrected chi connectivity index (χ4v) is 5.97. The van der Waals surface area contributed by atoms with E-state index in [4.69, 9.17) is 0 Å². The Hall–Kier alpha value is -6.31. The van der Waals surface area contributed by atoms with Gasteiger partial charge in [0.2, 0.25) is 0 Å². The molecule has 0 spiro atoms. The molecule has 3 heterocycles. The van der Waals surface area contributed by atoms with Gasteiger partial charge in [0, 0.05) is 12.1 Å². The van der Waals surface area contributed by atoms with Crippen molar-refractivity contribution in [1.29, 1.82) is 5.26 Å². The van der Waals surface area contributed by atoms with Gasteiger partial charge in [-0.1, -0.05) is 24.3 Å². The van der Waals surface area contributed by atoms with Crippen molar-refractivity contribution in [2.45, 2.75) is 44.4 Å². The highest BCUT2D eigenvalue weighted by atomic mass is 32.2. The first-order valence-corrected chi connectivity index (χ1v) is 17.4. The Kier molecular flexibility index (Phi) is 11.1. The van der Waals surface area contributed by atoms with Gasteiger partial charge >= 0.3 is 17.9 Å². The van der Waals surface area contributed by atoms with Crippen LogP contribution >= 0.6 is 0 Å². The van der Waals surface area contributed by atoms with Gasteiger partial charge in [0.05, 0.1) is 57.1 Å². The van der Waals surface area contributed by atoms with Crippen LogP contribution in [0.4, 0.5) is 18.0 Å². The number of imidazole rings is 1. The molecule has 1 atom stereocenters. The second-order valence-corrected chi connectivity index (χ2v) is 13.0. The number of alkyl halides is 3. The number of carbonyl (C=O) groups is 1. The molecule has 3 aromatic carbocycles. The van der Waals surface area contributed by atoms with E-state index in [9.17, 15) is 41.0 Å². The lowest BCUT2D eigenvalue weighted by molar-refractivity contribution is -0.693. The van der Waals surface area contributed by atoms with Gasteiger partial charge in [-0.25, -0.2) is 31.8 Å². The van der Waals surface area contributed by atoms with Crippen molar-refractivity contribution >= 4 is 16.1 Å². The first-order chi connectivity index (χ1) is 25.1. The minimum Gasteiger partial charge on any atom is -0.744 e.